The highest BCUT2D eigenvalue weighted by Crippen LogP contribution is 2.21. The molecule has 0 atom stereocenters. The summed E-state index contributed by atoms with van der Waals surface area (Å²) in [6.45, 7) is 3.00. The van der Waals surface area contributed by atoms with E-state index in [4.69, 9.17) is 0 Å². The van der Waals surface area contributed by atoms with Crippen molar-refractivity contribution >= 4 is 21.7 Å². The summed E-state index contributed by atoms with van der Waals surface area (Å²) in [5.74, 6) is 1.50. The highest BCUT2D eigenvalue weighted by Gasteiger charge is 2.32. The molecule has 0 amide bonds. The summed E-state index contributed by atoms with van der Waals surface area (Å²) in [5.41, 5.74) is 0. The Kier molecular flexibility index (Phi) is 4.85. The zero-order valence-corrected chi connectivity index (χ0v) is 12.7. The minimum absolute atomic E-state index is 0.391. The number of hydrogen-bond acceptors (Lipinski definition) is 4. The third-order valence-electron chi connectivity index (χ3n) is 3.14. The van der Waals surface area contributed by atoms with Gasteiger partial charge in [-0.2, -0.15) is 13.2 Å². The maximum Gasteiger partial charge on any atom is 0.401 e. The van der Waals surface area contributed by atoms with Crippen LogP contribution in [0.2, 0.25) is 0 Å². The average molecular weight is 353 g/mol. The van der Waals surface area contributed by atoms with Crippen molar-refractivity contribution in [2.75, 3.05) is 37.6 Å². The van der Waals surface area contributed by atoms with Gasteiger partial charge in [0.15, 0.2) is 0 Å². The Morgan fingerprint density at radius 2 is 1.85 bits per heavy atom. The lowest BCUT2D eigenvalue weighted by molar-refractivity contribution is -0.146. The fraction of sp³-hybridized carbons (Fsp3) is 0.667. The number of hydrogen-bond donors (Lipinski definition) is 0. The lowest BCUT2D eigenvalue weighted by atomic mass is 10.3. The Balaban J connectivity index is 1.98. The Labute approximate surface area is 124 Å². The van der Waals surface area contributed by atoms with Crippen molar-refractivity contribution in [3.05, 3.63) is 16.5 Å². The number of anilines is 1. The highest BCUT2D eigenvalue weighted by molar-refractivity contribution is 9.10. The van der Waals surface area contributed by atoms with Gasteiger partial charge in [0, 0.05) is 38.7 Å². The number of aromatic nitrogens is 2. The molecule has 2 heterocycles. The molecule has 0 saturated carbocycles. The monoisotopic (exact) mass is 352 g/mol. The smallest absolute Gasteiger partial charge is 0.354 e. The van der Waals surface area contributed by atoms with Crippen LogP contribution in [0.1, 0.15) is 12.7 Å². The lowest BCUT2D eigenvalue weighted by Gasteiger charge is -2.35. The van der Waals surface area contributed by atoms with Crippen molar-refractivity contribution in [3.63, 3.8) is 0 Å². The van der Waals surface area contributed by atoms with Gasteiger partial charge in [0.05, 0.1) is 6.54 Å². The second kappa shape index (κ2) is 6.26. The molecule has 1 aromatic rings. The Morgan fingerprint density at radius 3 is 2.40 bits per heavy atom. The topological polar surface area (TPSA) is 32.3 Å². The van der Waals surface area contributed by atoms with Gasteiger partial charge in [0.25, 0.3) is 0 Å². The van der Waals surface area contributed by atoms with E-state index in [0.29, 0.717) is 30.8 Å². The number of piperazine rings is 1. The van der Waals surface area contributed by atoms with Gasteiger partial charge in [0.1, 0.15) is 16.2 Å². The zero-order valence-electron chi connectivity index (χ0n) is 11.1. The molecule has 0 aromatic carbocycles. The summed E-state index contributed by atoms with van der Waals surface area (Å²) in [7, 11) is 0. The molecule has 1 fully saturated rings. The normalized spacial score (nSPS) is 17.6. The van der Waals surface area contributed by atoms with Crippen molar-refractivity contribution in [3.8, 4) is 0 Å². The molecule has 4 nitrogen and oxygen atoms in total. The van der Waals surface area contributed by atoms with Gasteiger partial charge >= 0.3 is 6.18 Å². The first-order chi connectivity index (χ1) is 9.37. The van der Waals surface area contributed by atoms with Gasteiger partial charge in [-0.05, 0) is 15.9 Å². The van der Waals surface area contributed by atoms with Crippen LogP contribution in [0.4, 0.5) is 19.0 Å². The molecular weight excluding hydrogens is 337 g/mol. The summed E-state index contributed by atoms with van der Waals surface area (Å²) >= 11 is 3.34. The highest BCUT2D eigenvalue weighted by atomic mass is 79.9. The fourth-order valence-corrected chi connectivity index (χ4v) is 2.57. The minimum Gasteiger partial charge on any atom is -0.354 e. The summed E-state index contributed by atoms with van der Waals surface area (Å²) in [6, 6.07) is 1.80. The van der Waals surface area contributed by atoms with E-state index in [1.807, 2.05) is 11.8 Å². The molecule has 0 radical (unpaired) electrons. The number of aryl methyl sites for hydroxylation is 1. The molecule has 2 rings (SSSR count). The molecule has 0 bridgehead atoms. The molecule has 1 aromatic heterocycles. The lowest BCUT2D eigenvalue weighted by Crippen LogP contribution is -2.49. The molecule has 0 aliphatic carbocycles. The Hall–Kier alpha value is -0.890. The van der Waals surface area contributed by atoms with Crippen molar-refractivity contribution in [2.24, 2.45) is 0 Å². The molecule has 1 saturated heterocycles. The van der Waals surface area contributed by atoms with Gasteiger partial charge in [-0.15, -0.1) is 0 Å². The molecule has 1 aliphatic rings. The number of alkyl halides is 3. The van der Waals surface area contributed by atoms with Crippen molar-refractivity contribution in [1.82, 2.24) is 14.9 Å². The van der Waals surface area contributed by atoms with Crippen LogP contribution in [0.3, 0.4) is 0 Å². The van der Waals surface area contributed by atoms with Gasteiger partial charge in [-0.3, -0.25) is 4.90 Å². The van der Waals surface area contributed by atoms with Crippen LogP contribution in [0.25, 0.3) is 0 Å². The molecule has 20 heavy (non-hydrogen) atoms. The maximum atomic E-state index is 12.3. The van der Waals surface area contributed by atoms with E-state index in [1.54, 1.807) is 6.07 Å². The maximum absolute atomic E-state index is 12.3. The number of rotatable bonds is 3. The second-order valence-corrected chi connectivity index (χ2v) is 5.51. The van der Waals surface area contributed by atoms with Crippen LogP contribution in [-0.2, 0) is 6.42 Å². The first-order valence-electron chi connectivity index (χ1n) is 6.45. The number of halogens is 4. The van der Waals surface area contributed by atoms with E-state index in [-0.39, 0.29) is 0 Å². The van der Waals surface area contributed by atoms with E-state index in [9.17, 15) is 13.2 Å². The second-order valence-electron chi connectivity index (χ2n) is 4.70. The predicted molar refractivity (Wildman–Crippen MR) is 73.8 cm³/mol. The average Bonchev–Trinajstić information content (AvgIpc) is 2.37. The van der Waals surface area contributed by atoms with Gasteiger partial charge in [0.2, 0.25) is 0 Å². The first kappa shape index (κ1) is 15.5. The van der Waals surface area contributed by atoms with Crippen molar-refractivity contribution in [2.45, 2.75) is 19.5 Å². The summed E-state index contributed by atoms with van der Waals surface area (Å²) in [4.78, 5) is 12.1. The van der Waals surface area contributed by atoms with Crippen molar-refractivity contribution in [1.29, 1.82) is 0 Å². The zero-order chi connectivity index (χ0) is 14.8. The standard InChI is InChI=1S/C12H16BrF3N4/c1-2-10-17-9(13)7-11(18-10)20-5-3-19(4-6-20)8-12(14,15)16/h7H,2-6,8H2,1H3. The fourth-order valence-electron chi connectivity index (χ4n) is 2.16. The SMILES string of the molecule is CCc1nc(Br)cc(N2CCN(CC(F)(F)F)CC2)n1. The summed E-state index contributed by atoms with van der Waals surface area (Å²) < 4.78 is 37.7. The van der Waals surface area contributed by atoms with Crippen LogP contribution in [0.15, 0.2) is 10.7 Å². The van der Waals surface area contributed by atoms with Crippen LogP contribution < -0.4 is 4.90 Å². The van der Waals surface area contributed by atoms with Gasteiger partial charge in [-0.25, -0.2) is 9.97 Å². The van der Waals surface area contributed by atoms with E-state index < -0.39 is 12.7 Å². The number of nitrogens with zero attached hydrogens (tertiary/aromatic N) is 4. The summed E-state index contributed by atoms with van der Waals surface area (Å²) in [6.07, 6.45) is -3.41. The molecular formula is C12H16BrF3N4. The van der Waals surface area contributed by atoms with Crippen LogP contribution >= 0.6 is 15.9 Å². The molecule has 0 unspecified atom stereocenters. The van der Waals surface area contributed by atoms with E-state index >= 15 is 0 Å². The van der Waals surface area contributed by atoms with E-state index in [0.717, 1.165) is 18.1 Å². The van der Waals surface area contributed by atoms with Gasteiger partial charge < -0.3 is 4.90 Å². The predicted octanol–water partition coefficient (Wildman–Crippen LogP) is 2.49. The van der Waals surface area contributed by atoms with Crippen molar-refractivity contribution < 1.29 is 13.2 Å². The third-order valence-corrected chi connectivity index (χ3v) is 3.55. The van der Waals surface area contributed by atoms with Crippen LogP contribution in [0.5, 0.6) is 0 Å². The van der Waals surface area contributed by atoms with E-state index in [1.165, 1.54) is 4.90 Å². The molecule has 0 spiro atoms. The summed E-state index contributed by atoms with van der Waals surface area (Å²) in [5, 5.41) is 0. The quantitative estimate of drug-likeness (QED) is 0.782. The molecule has 0 N–H and O–H groups in total. The Morgan fingerprint density at radius 1 is 1.20 bits per heavy atom. The molecule has 112 valence electrons. The van der Waals surface area contributed by atoms with Crippen LogP contribution in [0, 0.1) is 0 Å². The third kappa shape index (κ3) is 4.31. The van der Waals surface area contributed by atoms with Gasteiger partial charge in [-0.1, -0.05) is 6.92 Å². The van der Waals surface area contributed by atoms with E-state index in [2.05, 4.69) is 25.9 Å². The van der Waals surface area contributed by atoms with Crippen LogP contribution in [-0.4, -0.2) is 53.8 Å². The molecule has 8 heteroatoms. The largest absolute Gasteiger partial charge is 0.401 e. The first-order valence-corrected chi connectivity index (χ1v) is 7.24. The minimum atomic E-state index is -4.13. The molecule has 1 aliphatic heterocycles. The Bertz CT molecular complexity index is 459.